The van der Waals surface area contributed by atoms with Gasteiger partial charge in [-0.05, 0) is 49.2 Å². The van der Waals surface area contributed by atoms with E-state index in [0.717, 1.165) is 17.0 Å². The maximum Gasteiger partial charge on any atom is 0.318 e. The highest BCUT2D eigenvalue weighted by Gasteiger charge is 2.39. The van der Waals surface area contributed by atoms with Gasteiger partial charge in [0.2, 0.25) is 0 Å². The van der Waals surface area contributed by atoms with E-state index in [1.54, 1.807) is 17.0 Å². The molecule has 3 aromatic rings. The van der Waals surface area contributed by atoms with Crippen LogP contribution in [0.4, 0.5) is 4.79 Å². The summed E-state index contributed by atoms with van der Waals surface area (Å²) in [5.74, 6) is 1.40. The molecule has 2 heterocycles. The predicted molar refractivity (Wildman–Crippen MR) is 124 cm³/mol. The van der Waals surface area contributed by atoms with Crippen LogP contribution in [0.5, 0.6) is 0 Å². The van der Waals surface area contributed by atoms with Gasteiger partial charge in [0, 0.05) is 23.0 Å². The molecule has 1 aliphatic rings. The van der Waals surface area contributed by atoms with Crippen LogP contribution in [-0.2, 0) is 6.54 Å². The minimum Gasteiger partial charge on any atom is -0.391 e. The molecule has 2 aromatic carbocycles. The van der Waals surface area contributed by atoms with Crippen LogP contribution in [0, 0.1) is 6.92 Å². The first-order chi connectivity index (χ1) is 15.3. The molecule has 7 nitrogen and oxygen atoms in total. The number of aromatic nitrogens is 3. The number of nitrogens with zero attached hydrogens (tertiary/aromatic N) is 4. The molecule has 0 unspecified atom stereocenters. The van der Waals surface area contributed by atoms with E-state index in [2.05, 4.69) is 15.5 Å². The Morgan fingerprint density at radius 3 is 2.41 bits per heavy atom. The average Bonchev–Trinajstić information content (AvgIpc) is 3.32. The lowest BCUT2D eigenvalue weighted by Crippen LogP contribution is -2.41. The van der Waals surface area contributed by atoms with Crippen molar-refractivity contribution in [1.82, 2.24) is 25.0 Å². The van der Waals surface area contributed by atoms with Crippen molar-refractivity contribution in [3.63, 3.8) is 0 Å². The Morgan fingerprint density at radius 1 is 1.12 bits per heavy atom. The van der Waals surface area contributed by atoms with Crippen LogP contribution in [0.1, 0.15) is 48.2 Å². The molecule has 32 heavy (non-hydrogen) atoms. The average molecular weight is 474 g/mol. The fourth-order valence-electron chi connectivity index (χ4n) is 4.00. The largest absolute Gasteiger partial charge is 0.391 e. The van der Waals surface area contributed by atoms with Crippen LogP contribution in [0.25, 0.3) is 0 Å². The van der Waals surface area contributed by atoms with Crippen LogP contribution in [0.2, 0.25) is 10.0 Å². The van der Waals surface area contributed by atoms with Gasteiger partial charge in [-0.15, -0.1) is 10.2 Å². The summed E-state index contributed by atoms with van der Waals surface area (Å²) in [5, 5.41) is 23.3. The Balaban J connectivity index is 1.54. The van der Waals surface area contributed by atoms with Crippen molar-refractivity contribution in [3.05, 3.63) is 81.4 Å². The number of aliphatic hydroxyl groups excluding tert-OH is 1. The zero-order valence-corrected chi connectivity index (χ0v) is 19.4. The van der Waals surface area contributed by atoms with E-state index in [1.165, 1.54) is 0 Å². The SMILES string of the molecule is Cc1nnc([C@H]2C[C@H](O)CN2C(=O)N[C@@H](C)c2ccc(Cl)cc2)n1Cc1ccc(Cl)cc1. The fourth-order valence-corrected chi connectivity index (χ4v) is 4.25. The summed E-state index contributed by atoms with van der Waals surface area (Å²) in [6.07, 6.45) is -0.223. The number of β-amino-alcohol motifs (C(OH)–C–C–N with tert-alkyl or cyclic N) is 1. The van der Waals surface area contributed by atoms with Gasteiger partial charge < -0.3 is 19.9 Å². The van der Waals surface area contributed by atoms with E-state index < -0.39 is 6.10 Å². The molecule has 1 aliphatic heterocycles. The molecule has 2 N–H and O–H groups in total. The van der Waals surface area contributed by atoms with Crippen molar-refractivity contribution in [2.75, 3.05) is 6.54 Å². The Hall–Kier alpha value is -2.61. The lowest BCUT2D eigenvalue weighted by Gasteiger charge is -2.26. The number of carbonyl (C=O) groups excluding carboxylic acids is 1. The summed E-state index contributed by atoms with van der Waals surface area (Å²) in [6, 6.07) is 14.1. The highest BCUT2D eigenvalue weighted by molar-refractivity contribution is 6.30. The summed E-state index contributed by atoms with van der Waals surface area (Å²) in [4.78, 5) is 14.8. The summed E-state index contributed by atoms with van der Waals surface area (Å²) in [7, 11) is 0. The van der Waals surface area contributed by atoms with E-state index in [4.69, 9.17) is 23.2 Å². The Labute approximate surface area is 197 Å². The van der Waals surface area contributed by atoms with E-state index in [0.29, 0.717) is 28.8 Å². The third-order valence-electron chi connectivity index (χ3n) is 5.77. The number of rotatable bonds is 5. The molecular formula is C23H25Cl2N5O2. The van der Waals surface area contributed by atoms with E-state index in [-0.39, 0.29) is 24.7 Å². The van der Waals surface area contributed by atoms with Crippen molar-refractivity contribution in [1.29, 1.82) is 0 Å². The third kappa shape index (κ3) is 4.90. The van der Waals surface area contributed by atoms with Gasteiger partial charge in [0.25, 0.3) is 0 Å². The van der Waals surface area contributed by atoms with Crippen molar-refractivity contribution in [2.24, 2.45) is 0 Å². The molecule has 0 bridgehead atoms. The fraction of sp³-hybridized carbons (Fsp3) is 0.348. The number of hydrogen-bond acceptors (Lipinski definition) is 4. The summed E-state index contributed by atoms with van der Waals surface area (Å²) < 4.78 is 1.98. The van der Waals surface area contributed by atoms with Gasteiger partial charge in [0.15, 0.2) is 5.82 Å². The third-order valence-corrected chi connectivity index (χ3v) is 6.27. The second-order valence-corrected chi connectivity index (χ2v) is 8.97. The lowest BCUT2D eigenvalue weighted by molar-refractivity contribution is 0.167. The summed E-state index contributed by atoms with van der Waals surface area (Å²) in [6.45, 7) is 4.58. The number of halogens is 2. The quantitative estimate of drug-likeness (QED) is 0.570. The molecule has 0 saturated carbocycles. The van der Waals surface area contributed by atoms with Crippen LogP contribution in [0.15, 0.2) is 48.5 Å². The standard InChI is InChI=1S/C23H25Cl2N5O2/c1-14(17-5-9-19(25)10-6-17)26-23(32)30-13-20(31)11-21(30)22-28-27-15(2)29(22)12-16-3-7-18(24)8-4-16/h3-10,14,20-21,31H,11-13H2,1-2H3,(H,26,32)/t14-,20-,21+/m0/s1. The first kappa shape index (κ1) is 22.6. The van der Waals surface area contributed by atoms with Crippen molar-refractivity contribution in [2.45, 2.75) is 45.0 Å². The Morgan fingerprint density at radius 2 is 1.75 bits per heavy atom. The molecule has 0 radical (unpaired) electrons. The predicted octanol–water partition coefficient (Wildman–Crippen LogP) is 4.52. The second kappa shape index (κ2) is 9.48. The Kier molecular flexibility index (Phi) is 6.69. The normalized spacial score (nSPS) is 19.2. The van der Waals surface area contributed by atoms with Crippen molar-refractivity contribution >= 4 is 29.2 Å². The zero-order chi connectivity index (χ0) is 22.8. The van der Waals surface area contributed by atoms with Gasteiger partial charge in [-0.25, -0.2) is 4.79 Å². The molecular weight excluding hydrogens is 449 g/mol. The number of benzene rings is 2. The number of nitrogens with one attached hydrogen (secondary N) is 1. The first-order valence-electron chi connectivity index (χ1n) is 10.5. The number of aliphatic hydroxyl groups is 1. The van der Waals surface area contributed by atoms with Crippen molar-refractivity contribution in [3.8, 4) is 0 Å². The Bertz CT molecular complexity index is 1080. The molecule has 2 amide bonds. The summed E-state index contributed by atoms with van der Waals surface area (Å²) in [5.41, 5.74) is 1.99. The summed E-state index contributed by atoms with van der Waals surface area (Å²) >= 11 is 12.0. The monoisotopic (exact) mass is 473 g/mol. The molecule has 168 valence electrons. The molecule has 1 aromatic heterocycles. The number of amides is 2. The number of carbonyl (C=O) groups is 1. The van der Waals surface area contributed by atoms with E-state index in [1.807, 2.05) is 54.8 Å². The maximum atomic E-state index is 13.1. The second-order valence-electron chi connectivity index (χ2n) is 8.10. The van der Waals surface area contributed by atoms with Crippen LogP contribution >= 0.6 is 23.2 Å². The van der Waals surface area contributed by atoms with Crippen LogP contribution < -0.4 is 5.32 Å². The molecule has 0 spiro atoms. The van der Waals surface area contributed by atoms with Crippen LogP contribution in [-0.4, -0.2) is 43.5 Å². The first-order valence-corrected chi connectivity index (χ1v) is 11.2. The lowest BCUT2D eigenvalue weighted by atomic mass is 10.1. The van der Waals surface area contributed by atoms with Gasteiger partial charge >= 0.3 is 6.03 Å². The molecule has 1 fully saturated rings. The molecule has 0 aliphatic carbocycles. The molecule has 1 saturated heterocycles. The van der Waals surface area contributed by atoms with Gasteiger partial charge in [-0.3, -0.25) is 0 Å². The smallest absolute Gasteiger partial charge is 0.318 e. The molecule has 4 rings (SSSR count). The van der Waals surface area contributed by atoms with E-state index in [9.17, 15) is 9.90 Å². The number of hydrogen-bond donors (Lipinski definition) is 2. The van der Waals surface area contributed by atoms with Gasteiger partial charge in [-0.2, -0.15) is 0 Å². The zero-order valence-electron chi connectivity index (χ0n) is 17.9. The number of urea groups is 1. The van der Waals surface area contributed by atoms with Gasteiger partial charge in [-0.1, -0.05) is 47.5 Å². The van der Waals surface area contributed by atoms with Crippen molar-refractivity contribution < 1.29 is 9.90 Å². The highest BCUT2D eigenvalue weighted by Crippen LogP contribution is 2.32. The molecule has 3 atom stereocenters. The maximum absolute atomic E-state index is 13.1. The number of aryl methyl sites for hydroxylation is 1. The van der Waals surface area contributed by atoms with Gasteiger partial charge in [0.05, 0.1) is 24.7 Å². The minimum absolute atomic E-state index is 0.216. The topological polar surface area (TPSA) is 83.3 Å². The number of likely N-dealkylation sites (tertiary alicyclic amines) is 1. The highest BCUT2D eigenvalue weighted by atomic mass is 35.5. The van der Waals surface area contributed by atoms with Crippen LogP contribution in [0.3, 0.4) is 0 Å². The molecule has 9 heteroatoms. The minimum atomic E-state index is -0.627. The van der Waals surface area contributed by atoms with Gasteiger partial charge in [0.1, 0.15) is 5.82 Å². The van der Waals surface area contributed by atoms with E-state index >= 15 is 0 Å².